The smallest absolute Gasteiger partial charge is 0.0510 e. The molecule has 21 heavy (non-hydrogen) atoms. The molecule has 0 heterocycles. The molecule has 2 unspecified atom stereocenters. The molecule has 0 spiro atoms. The lowest BCUT2D eigenvalue weighted by Gasteiger charge is -2.36. The Hall–Kier alpha value is -0.540. The minimum atomic E-state index is 0.523. The zero-order valence-corrected chi connectivity index (χ0v) is 15.4. The molecule has 0 amide bonds. The van der Waals surface area contributed by atoms with Crippen molar-refractivity contribution in [1.29, 1.82) is 0 Å². The lowest BCUT2D eigenvalue weighted by atomic mass is 9.86. The molecule has 0 saturated heterocycles. The van der Waals surface area contributed by atoms with E-state index in [2.05, 4.69) is 72.2 Å². The molecule has 1 fully saturated rings. The monoisotopic (exact) mass is 352 g/mol. The Morgan fingerprint density at radius 2 is 2.10 bits per heavy atom. The number of anilines is 1. The van der Waals surface area contributed by atoms with E-state index in [0.29, 0.717) is 12.1 Å². The van der Waals surface area contributed by atoms with Gasteiger partial charge in [0.05, 0.1) is 5.69 Å². The van der Waals surface area contributed by atoms with E-state index >= 15 is 0 Å². The lowest BCUT2D eigenvalue weighted by Crippen LogP contribution is -2.35. The van der Waals surface area contributed by atoms with Crippen LogP contribution in [-0.2, 0) is 6.54 Å². The van der Waals surface area contributed by atoms with Crippen LogP contribution in [-0.4, -0.2) is 19.1 Å². The Morgan fingerprint density at radius 1 is 1.33 bits per heavy atom. The van der Waals surface area contributed by atoms with Gasteiger partial charge < -0.3 is 10.2 Å². The second-order valence-corrected chi connectivity index (χ2v) is 7.71. The Bertz CT molecular complexity index is 459. The van der Waals surface area contributed by atoms with Crippen molar-refractivity contribution in [3.8, 4) is 0 Å². The molecule has 118 valence electrons. The third-order valence-corrected chi connectivity index (χ3v) is 5.20. The fourth-order valence-electron chi connectivity index (χ4n) is 3.22. The summed E-state index contributed by atoms with van der Waals surface area (Å²) in [4.78, 5) is 2.47. The molecule has 1 aliphatic carbocycles. The maximum atomic E-state index is 3.77. The maximum Gasteiger partial charge on any atom is 0.0510 e. The molecule has 2 nitrogen and oxygen atoms in total. The molecule has 0 aromatic heterocycles. The molecule has 1 aromatic carbocycles. The first-order chi connectivity index (χ1) is 9.97. The summed E-state index contributed by atoms with van der Waals surface area (Å²) < 4.78 is 1.21. The molecule has 0 aliphatic heterocycles. The zero-order valence-electron chi connectivity index (χ0n) is 13.8. The molecule has 1 saturated carbocycles. The zero-order chi connectivity index (χ0) is 15.4. The summed E-state index contributed by atoms with van der Waals surface area (Å²) in [6, 6.07) is 7.98. The summed E-state index contributed by atoms with van der Waals surface area (Å²) in [5.74, 6) is 0.861. The number of nitrogens with zero attached hydrogens (tertiary/aromatic N) is 1. The Morgan fingerprint density at radius 3 is 2.71 bits per heavy atom. The molecule has 1 aromatic rings. The minimum absolute atomic E-state index is 0.523. The van der Waals surface area contributed by atoms with Crippen LogP contribution in [0.3, 0.4) is 0 Å². The highest BCUT2D eigenvalue weighted by molar-refractivity contribution is 9.10. The van der Waals surface area contributed by atoms with Gasteiger partial charge in [-0.05, 0) is 52.4 Å². The number of rotatable bonds is 5. The molecule has 0 radical (unpaired) electrons. The van der Waals surface area contributed by atoms with Crippen molar-refractivity contribution in [3.05, 3.63) is 28.2 Å². The van der Waals surface area contributed by atoms with Crippen LogP contribution >= 0.6 is 15.9 Å². The molecule has 1 aliphatic rings. The summed E-state index contributed by atoms with van der Waals surface area (Å²) in [5, 5.41) is 3.47. The van der Waals surface area contributed by atoms with E-state index in [1.807, 2.05) is 0 Å². The number of halogens is 1. The summed E-state index contributed by atoms with van der Waals surface area (Å²) in [6.45, 7) is 7.68. The van der Waals surface area contributed by atoms with Gasteiger partial charge in [0.1, 0.15) is 0 Å². The fourth-order valence-corrected chi connectivity index (χ4v) is 3.92. The van der Waals surface area contributed by atoms with Crippen LogP contribution in [0.4, 0.5) is 5.69 Å². The number of hydrogen-bond donors (Lipinski definition) is 1. The number of hydrogen-bond acceptors (Lipinski definition) is 2. The van der Waals surface area contributed by atoms with E-state index in [-0.39, 0.29) is 0 Å². The molecule has 1 N–H and O–H groups in total. The average molecular weight is 353 g/mol. The van der Waals surface area contributed by atoms with Gasteiger partial charge >= 0.3 is 0 Å². The SMILES string of the molecule is CC1CCCC(N(C)c2ccc(CNC(C)C)cc2Br)C1. The summed E-state index contributed by atoms with van der Waals surface area (Å²) in [7, 11) is 2.24. The summed E-state index contributed by atoms with van der Waals surface area (Å²) in [5.41, 5.74) is 2.66. The van der Waals surface area contributed by atoms with Gasteiger partial charge in [-0.1, -0.05) is 39.7 Å². The van der Waals surface area contributed by atoms with Crippen molar-refractivity contribution in [2.75, 3.05) is 11.9 Å². The van der Waals surface area contributed by atoms with E-state index in [4.69, 9.17) is 0 Å². The fraction of sp³-hybridized carbons (Fsp3) is 0.667. The molecule has 3 heteroatoms. The highest BCUT2D eigenvalue weighted by Gasteiger charge is 2.23. The van der Waals surface area contributed by atoms with Crippen molar-refractivity contribution >= 4 is 21.6 Å². The van der Waals surface area contributed by atoms with Crippen molar-refractivity contribution in [1.82, 2.24) is 5.32 Å². The van der Waals surface area contributed by atoms with Crippen LogP contribution in [0.2, 0.25) is 0 Å². The Balaban J connectivity index is 2.05. The quantitative estimate of drug-likeness (QED) is 0.805. The molecular weight excluding hydrogens is 324 g/mol. The number of benzene rings is 1. The Kier molecular flexibility index (Phi) is 6.12. The predicted octanol–water partition coefficient (Wildman–Crippen LogP) is 4.96. The third kappa shape index (κ3) is 4.72. The van der Waals surface area contributed by atoms with E-state index in [1.54, 1.807) is 0 Å². The standard InChI is InChI=1S/C18H29BrN2/c1-13(2)20-12-15-8-9-18(17(19)11-15)21(4)16-7-5-6-14(3)10-16/h8-9,11,13-14,16,20H,5-7,10,12H2,1-4H3. The van der Waals surface area contributed by atoms with Crippen LogP contribution in [0.1, 0.15) is 52.0 Å². The maximum absolute atomic E-state index is 3.77. The van der Waals surface area contributed by atoms with Crippen LogP contribution in [0.5, 0.6) is 0 Å². The van der Waals surface area contributed by atoms with Gasteiger partial charge in [0.25, 0.3) is 0 Å². The highest BCUT2D eigenvalue weighted by atomic mass is 79.9. The van der Waals surface area contributed by atoms with Crippen LogP contribution < -0.4 is 10.2 Å². The van der Waals surface area contributed by atoms with Crippen LogP contribution in [0, 0.1) is 5.92 Å². The second kappa shape index (κ2) is 7.64. The summed E-state index contributed by atoms with van der Waals surface area (Å²) in [6.07, 6.45) is 5.40. The average Bonchev–Trinajstić information content (AvgIpc) is 2.44. The molecular formula is C18H29BrN2. The van der Waals surface area contributed by atoms with Gasteiger partial charge in [-0.15, -0.1) is 0 Å². The van der Waals surface area contributed by atoms with Gasteiger partial charge in [0.2, 0.25) is 0 Å². The highest BCUT2D eigenvalue weighted by Crippen LogP contribution is 2.33. The van der Waals surface area contributed by atoms with E-state index in [0.717, 1.165) is 12.5 Å². The van der Waals surface area contributed by atoms with Gasteiger partial charge in [0, 0.05) is 30.1 Å². The Labute approximate surface area is 138 Å². The first-order valence-corrected chi connectivity index (χ1v) is 9.01. The van der Waals surface area contributed by atoms with Crippen molar-refractivity contribution < 1.29 is 0 Å². The van der Waals surface area contributed by atoms with Crippen molar-refractivity contribution in [2.45, 2.75) is 65.1 Å². The summed E-state index contributed by atoms with van der Waals surface area (Å²) >= 11 is 3.77. The second-order valence-electron chi connectivity index (χ2n) is 6.86. The van der Waals surface area contributed by atoms with E-state index in [9.17, 15) is 0 Å². The van der Waals surface area contributed by atoms with Gasteiger partial charge in [0.15, 0.2) is 0 Å². The third-order valence-electron chi connectivity index (χ3n) is 4.56. The largest absolute Gasteiger partial charge is 0.371 e. The molecule has 0 bridgehead atoms. The van der Waals surface area contributed by atoms with Crippen molar-refractivity contribution in [2.24, 2.45) is 5.92 Å². The molecule has 2 rings (SSSR count). The first kappa shape index (κ1) is 16.8. The van der Waals surface area contributed by atoms with E-state index in [1.165, 1.54) is 41.4 Å². The van der Waals surface area contributed by atoms with Crippen LogP contribution in [0.25, 0.3) is 0 Å². The normalized spacial score (nSPS) is 22.6. The van der Waals surface area contributed by atoms with Crippen LogP contribution in [0.15, 0.2) is 22.7 Å². The predicted molar refractivity (Wildman–Crippen MR) is 95.9 cm³/mol. The topological polar surface area (TPSA) is 15.3 Å². The molecule has 2 atom stereocenters. The van der Waals surface area contributed by atoms with E-state index < -0.39 is 0 Å². The lowest BCUT2D eigenvalue weighted by molar-refractivity contribution is 0.336. The van der Waals surface area contributed by atoms with Gasteiger partial charge in [-0.25, -0.2) is 0 Å². The van der Waals surface area contributed by atoms with Gasteiger partial charge in [-0.2, -0.15) is 0 Å². The van der Waals surface area contributed by atoms with Crippen molar-refractivity contribution in [3.63, 3.8) is 0 Å². The number of nitrogens with one attached hydrogen (secondary N) is 1. The first-order valence-electron chi connectivity index (χ1n) is 8.22. The van der Waals surface area contributed by atoms with Gasteiger partial charge in [-0.3, -0.25) is 0 Å². The minimum Gasteiger partial charge on any atom is -0.371 e.